The molecular weight excluding hydrogens is 610 g/mol. The van der Waals surface area contributed by atoms with Gasteiger partial charge in [-0.15, -0.1) is 0 Å². The first kappa shape index (κ1) is 39.5. The highest BCUT2D eigenvalue weighted by Gasteiger charge is 2.47. The molecule has 18 heteroatoms. The molecule has 0 aliphatic carbocycles. The lowest BCUT2D eigenvalue weighted by Crippen LogP contribution is -2.52. The number of likely N-dealkylation sites (tertiary alicyclic amines) is 1. The summed E-state index contributed by atoms with van der Waals surface area (Å²) in [6, 6.07) is 0.938. The second-order valence-electron chi connectivity index (χ2n) is 9.73. The quantitative estimate of drug-likeness (QED) is 0.0811. The van der Waals surface area contributed by atoms with Gasteiger partial charge in [-0.2, -0.15) is 26.3 Å². The maximum absolute atomic E-state index is 11.4. The van der Waals surface area contributed by atoms with Gasteiger partial charge in [-0.05, 0) is 44.9 Å². The van der Waals surface area contributed by atoms with Crippen LogP contribution in [-0.4, -0.2) is 88.6 Å². The van der Waals surface area contributed by atoms with Crippen molar-refractivity contribution in [2.75, 3.05) is 47.5 Å². The van der Waals surface area contributed by atoms with Crippen LogP contribution in [0.2, 0.25) is 6.04 Å². The first-order valence-corrected chi connectivity index (χ1v) is 18.0. The van der Waals surface area contributed by atoms with E-state index in [1.54, 1.807) is 21.3 Å². The summed E-state index contributed by atoms with van der Waals surface area (Å²) < 4.78 is 127. The molecule has 1 rings (SSSR count). The Morgan fingerprint density at radius 2 is 1.07 bits per heavy atom. The molecule has 1 aliphatic rings. The van der Waals surface area contributed by atoms with E-state index in [-0.39, 0.29) is 0 Å². The summed E-state index contributed by atoms with van der Waals surface area (Å²) in [6.45, 7) is 7.82. The van der Waals surface area contributed by atoms with Gasteiger partial charge in [0, 0.05) is 27.4 Å². The van der Waals surface area contributed by atoms with Crippen LogP contribution >= 0.6 is 0 Å². The largest absolute Gasteiger partial charge is 0.500 e. The number of hydrogen-bond acceptors (Lipinski definition) is 7. The number of rotatable bonds is 17. The average molecular weight is 655 g/mol. The Morgan fingerprint density at radius 1 is 0.675 bits per heavy atom. The second-order valence-corrected chi connectivity index (χ2v) is 16.2. The van der Waals surface area contributed by atoms with E-state index in [0.29, 0.717) is 0 Å². The van der Waals surface area contributed by atoms with Crippen molar-refractivity contribution in [3.63, 3.8) is 0 Å². The van der Waals surface area contributed by atoms with Crippen molar-refractivity contribution in [1.82, 2.24) is 0 Å². The SMILES string of the molecule is CCCCCCCC[N+]1(CCCC[Si](OC)(OC)OC)CCCCC1.O=S(=O)([N-]S(=O)(=O)C(F)(F)F)C(F)(F)F. The molecule has 0 aromatic heterocycles. The minimum Gasteiger partial charge on any atom is -0.421 e. The monoisotopic (exact) mass is 654 g/mol. The Hall–Kier alpha value is -0.503. The maximum atomic E-state index is 11.4. The van der Waals surface area contributed by atoms with Gasteiger partial charge in [0.25, 0.3) is 0 Å². The summed E-state index contributed by atoms with van der Waals surface area (Å²) in [5.41, 5.74) is -12.4. The van der Waals surface area contributed by atoms with E-state index in [1.807, 2.05) is 0 Å². The van der Waals surface area contributed by atoms with Crippen molar-refractivity contribution >= 4 is 28.9 Å². The topological polar surface area (TPSA) is 110 Å². The molecule has 0 radical (unpaired) electrons. The zero-order valence-electron chi connectivity index (χ0n) is 23.7. The highest BCUT2D eigenvalue weighted by Crippen LogP contribution is 2.36. The van der Waals surface area contributed by atoms with E-state index in [1.165, 1.54) is 94.9 Å². The number of unbranched alkanes of at least 4 members (excludes halogenated alkanes) is 6. The van der Waals surface area contributed by atoms with Gasteiger partial charge in [-0.25, -0.2) is 16.8 Å². The third kappa shape index (κ3) is 13.6. The van der Waals surface area contributed by atoms with Crippen molar-refractivity contribution in [3.8, 4) is 0 Å². The Bertz CT molecular complexity index is 859. The molecule has 242 valence electrons. The summed E-state index contributed by atoms with van der Waals surface area (Å²) in [7, 11) is -10.7. The smallest absolute Gasteiger partial charge is 0.421 e. The van der Waals surface area contributed by atoms with Crippen LogP contribution in [0.25, 0.3) is 4.13 Å². The average Bonchev–Trinajstić information content (AvgIpc) is 2.86. The van der Waals surface area contributed by atoms with E-state index in [0.717, 1.165) is 16.6 Å². The van der Waals surface area contributed by atoms with Crippen molar-refractivity contribution in [2.45, 2.75) is 94.6 Å². The number of sulfonamides is 2. The first-order chi connectivity index (χ1) is 18.4. The molecule has 40 heavy (non-hydrogen) atoms. The van der Waals surface area contributed by atoms with Crippen LogP contribution in [-0.2, 0) is 33.3 Å². The number of alkyl halides is 6. The molecule has 0 atom stereocenters. The normalized spacial score (nSPS) is 16.9. The summed E-state index contributed by atoms with van der Waals surface area (Å²) in [4.78, 5) is 0. The molecular formula is C22H44F6N2O7S2Si. The third-order valence-corrected chi connectivity index (χ3v) is 12.4. The van der Waals surface area contributed by atoms with Crippen molar-refractivity contribution in [2.24, 2.45) is 0 Å². The van der Waals surface area contributed by atoms with Crippen LogP contribution < -0.4 is 0 Å². The molecule has 0 saturated carbocycles. The molecule has 0 aromatic rings. The predicted molar refractivity (Wildman–Crippen MR) is 141 cm³/mol. The van der Waals surface area contributed by atoms with Crippen molar-refractivity contribution in [3.05, 3.63) is 4.13 Å². The van der Waals surface area contributed by atoms with Gasteiger partial charge in [0.05, 0.1) is 26.2 Å². The van der Waals surface area contributed by atoms with Crippen molar-refractivity contribution in [1.29, 1.82) is 0 Å². The summed E-state index contributed by atoms with van der Waals surface area (Å²) in [5, 5.41) is 0. The number of nitrogens with zero attached hydrogens (tertiary/aromatic N) is 2. The van der Waals surface area contributed by atoms with E-state index in [2.05, 4.69) is 6.92 Å². The molecule has 1 aliphatic heterocycles. The van der Waals surface area contributed by atoms with Gasteiger partial charge in [-0.1, -0.05) is 32.6 Å². The van der Waals surface area contributed by atoms with E-state index >= 15 is 0 Å². The molecule has 0 unspecified atom stereocenters. The zero-order valence-corrected chi connectivity index (χ0v) is 26.3. The summed E-state index contributed by atoms with van der Waals surface area (Å²) >= 11 is 0. The lowest BCUT2D eigenvalue weighted by Gasteiger charge is -2.42. The lowest BCUT2D eigenvalue weighted by molar-refractivity contribution is -0.932. The van der Waals surface area contributed by atoms with E-state index < -0.39 is 39.9 Å². The van der Waals surface area contributed by atoms with Crippen LogP contribution in [0.4, 0.5) is 26.3 Å². The van der Waals surface area contributed by atoms with Crippen LogP contribution in [0.3, 0.4) is 0 Å². The van der Waals surface area contributed by atoms with Crippen LogP contribution in [0.15, 0.2) is 0 Å². The Balaban J connectivity index is 0.000000868. The summed E-state index contributed by atoms with van der Waals surface area (Å²) in [6.07, 6.45) is 15.1. The fraction of sp³-hybridized carbons (Fsp3) is 1.00. The third-order valence-electron chi connectivity index (χ3n) is 6.83. The van der Waals surface area contributed by atoms with E-state index in [4.69, 9.17) is 13.3 Å². The second kappa shape index (κ2) is 17.6. The highest BCUT2D eigenvalue weighted by molar-refractivity contribution is 8.13. The Morgan fingerprint density at radius 3 is 1.48 bits per heavy atom. The lowest BCUT2D eigenvalue weighted by atomic mass is 10.0. The van der Waals surface area contributed by atoms with Crippen molar-refractivity contribution < 1.29 is 60.9 Å². The van der Waals surface area contributed by atoms with Crippen LogP contribution in [0.1, 0.15) is 77.6 Å². The fourth-order valence-corrected chi connectivity index (χ4v) is 8.03. The summed E-state index contributed by atoms with van der Waals surface area (Å²) in [5.74, 6) is 0. The number of hydrogen-bond donors (Lipinski definition) is 0. The standard InChI is InChI=1S/C20H44NO3Si.C2F6NO4S2/c1-5-6-7-8-9-11-16-21(17-12-10-13-18-21)19-14-15-20-25(22-2,23-3)24-4;3-1(4,5)14(10,11)9-15(12,13)2(6,7)8/h5-20H2,1-4H3;/q+1;-1. The van der Waals surface area contributed by atoms with Gasteiger partial charge >= 0.3 is 19.8 Å². The maximum Gasteiger partial charge on any atom is 0.500 e. The van der Waals surface area contributed by atoms with Crippen LogP contribution in [0.5, 0.6) is 0 Å². The predicted octanol–water partition coefficient (Wildman–Crippen LogP) is 6.07. The molecule has 0 N–H and O–H groups in total. The number of quaternary nitrogens is 1. The molecule has 1 heterocycles. The highest BCUT2D eigenvalue weighted by atomic mass is 32.3. The van der Waals surface area contributed by atoms with Gasteiger partial charge in [0.1, 0.15) is 0 Å². The molecule has 0 spiro atoms. The zero-order chi connectivity index (χ0) is 31.1. The molecule has 0 bridgehead atoms. The van der Waals surface area contributed by atoms with Gasteiger partial charge in [0.2, 0.25) is 0 Å². The minimum atomic E-state index is -6.72. The fourth-order valence-electron chi connectivity index (χ4n) is 4.53. The Labute approximate surface area is 236 Å². The Kier molecular flexibility index (Phi) is 17.4. The van der Waals surface area contributed by atoms with E-state index in [9.17, 15) is 43.2 Å². The van der Waals surface area contributed by atoms with Gasteiger partial charge in [-0.3, -0.25) is 0 Å². The number of halogens is 6. The van der Waals surface area contributed by atoms with Crippen LogP contribution in [0, 0.1) is 0 Å². The first-order valence-electron chi connectivity index (χ1n) is 13.2. The molecule has 1 fully saturated rings. The molecule has 0 amide bonds. The molecule has 0 aromatic carbocycles. The molecule has 9 nitrogen and oxygen atoms in total. The minimum absolute atomic E-state index is 0.778. The van der Waals surface area contributed by atoms with Gasteiger partial charge < -0.3 is 21.9 Å². The van der Waals surface area contributed by atoms with Gasteiger partial charge in [0.15, 0.2) is 20.0 Å². The molecule has 1 saturated heterocycles. The number of piperidine rings is 1.